The van der Waals surface area contributed by atoms with E-state index in [0.29, 0.717) is 23.6 Å². The standard InChI is InChI=1S/C15H27N3O2/c1-5-11(3)12(16)13-17-14(18-20-13)15(19-4)8-6-7-10(2)9-15/h10-12H,5-9,16H2,1-4H3/t10?,11?,12-,15?/m0/s1. The van der Waals surface area contributed by atoms with E-state index in [9.17, 15) is 0 Å². The molecule has 4 atom stereocenters. The highest BCUT2D eigenvalue weighted by atomic mass is 16.5. The second-order valence-corrected chi connectivity index (χ2v) is 6.27. The molecule has 5 nitrogen and oxygen atoms in total. The van der Waals surface area contributed by atoms with Gasteiger partial charge in [-0.1, -0.05) is 38.8 Å². The van der Waals surface area contributed by atoms with Crippen molar-refractivity contribution in [2.75, 3.05) is 7.11 Å². The number of hydrogen-bond donors (Lipinski definition) is 1. The van der Waals surface area contributed by atoms with Crippen LogP contribution in [0, 0.1) is 11.8 Å². The van der Waals surface area contributed by atoms with Crippen LogP contribution in [0.5, 0.6) is 0 Å². The maximum Gasteiger partial charge on any atom is 0.243 e. The zero-order valence-corrected chi connectivity index (χ0v) is 13.1. The Bertz CT molecular complexity index is 435. The van der Waals surface area contributed by atoms with Crippen molar-refractivity contribution in [1.82, 2.24) is 10.1 Å². The van der Waals surface area contributed by atoms with Crippen LogP contribution >= 0.6 is 0 Å². The number of ether oxygens (including phenoxy) is 1. The van der Waals surface area contributed by atoms with Gasteiger partial charge in [-0.2, -0.15) is 4.98 Å². The summed E-state index contributed by atoms with van der Waals surface area (Å²) < 4.78 is 11.2. The lowest BCUT2D eigenvalue weighted by Gasteiger charge is -2.36. The van der Waals surface area contributed by atoms with Crippen molar-refractivity contribution >= 4 is 0 Å². The fourth-order valence-corrected chi connectivity index (χ4v) is 3.04. The molecule has 1 saturated carbocycles. The molecule has 2 rings (SSSR count). The van der Waals surface area contributed by atoms with Crippen LogP contribution < -0.4 is 5.73 Å². The molecular formula is C15H27N3O2. The second kappa shape index (κ2) is 6.22. The van der Waals surface area contributed by atoms with Gasteiger partial charge < -0.3 is 15.0 Å². The quantitative estimate of drug-likeness (QED) is 0.897. The summed E-state index contributed by atoms with van der Waals surface area (Å²) in [6, 6.07) is -0.198. The van der Waals surface area contributed by atoms with Crippen LogP contribution in [0.15, 0.2) is 4.52 Å². The Morgan fingerprint density at radius 1 is 1.55 bits per heavy atom. The molecule has 0 amide bonds. The van der Waals surface area contributed by atoms with Gasteiger partial charge in [-0.3, -0.25) is 0 Å². The molecule has 20 heavy (non-hydrogen) atoms. The molecule has 1 aliphatic carbocycles. The van der Waals surface area contributed by atoms with Crippen molar-refractivity contribution in [1.29, 1.82) is 0 Å². The lowest BCUT2D eigenvalue weighted by Crippen LogP contribution is -2.35. The van der Waals surface area contributed by atoms with Crippen molar-refractivity contribution in [2.45, 2.75) is 64.5 Å². The SMILES string of the molecule is CCC(C)[C@H](N)c1nc(C2(OC)CCCC(C)C2)no1. The molecule has 0 bridgehead atoms. The van der Waals surface area contributed by atoms with Crippen molar-refractivity contribution in [3.05, 3.63) is 11.7 Å². The molecule has 1 aromatic rings. The zero-order valence-electron chi connectivity index (χ0n) is 13.1. The summed E-state index contributed by atoms with van der Waals surface area (Å²) in [5.41, 5.74) is 5.77. The normalized spacial score (nSPS) is 30.1. The van der Waals surface area contributed by atoms with Crippen LogP contribution in [0.1, 0.15) is 70.6 Å². The Morgan fingerprint density at radius 3 is 2.90 bits per heavy atom. The van der Waals surface area contributed by atoms with Crippen molar-refractivity contribution in [3.63, 3.8) is 0 Å². The van der Waals surface area contributed by atoms with E-state index in [1.165, 1.54) is 6.42 Å². The average molecular weight is 281 g/mol. The first-order valence-electron chi connectivity index (χ1n) is 7.67. The molecule has 1 heterocycles. The summed E-state index contributed by atoms with van der Waals surface area (Å²) in [7, 11) is 1.74. The largest absolute Gasteiger partial charge is 0.370 e. The summed E-state index contributed by atoms with van der Waals surface area (Å²) in [5.74, 6) is 2.14. The van der Waals surface area contributed by atoms with Gasteiger partial charge in [-0.15, -0.1) is 0 Å². The molecular weight excluding hydrogens is 254 g/mol. The van der Waals surface area contributed by atoms with Crippen LogP contribution in [0.2, 0.25) is 0 Å². The number of rotatable bonds is 5. The first kappa shape index (κ1) is 15.4. The molecule has 1 aliphatic rings. The Morgan fingerprint density at radius 2 is 2.30 bits per heavy atom. The third-order valence-electron chi connectivity index (χ3n) is 4.74. The number of aromatic nitrogens is 2. The second-order valence-electron chi connectivity index (χ2n) is 6.27. The Balaban J connectivity index is 2.22. The number of hydrogen-bond acceptors (Lipinski definition) is 5. The van der Waals surface area contributed by atoms with E-state index >= 15 is 0 Å². The highest BCUT2D eigenvalue weighted by Crippen LogP contribution is 2.41. The monoisotopic (exact) mass is 281 g/mol. The van der Waals surface area contributed by atoms with E-state index in [4.69, 9.17) is 15.0 Å². The van der Waals surface area contributed by atoms with Gasteiger partial charge in [0.1, 0.15) is 5.60 Å². The van der Waals surface area contributed by atoms with Crippen molar-refractivity contribution < 1.29 is 9.26 Å². The molecule has 0 saturated heterocycles. The average Bonchev–Trinajstić information content (AvgIpc) is 2.95. The van der Waals surface area contributed by atoms with E-state index < -0.39 is 5.60 Å². The predicted molar refractivity (Wildman–Crippen MR) is 77.0 cm³/mol. The molecule has 5 heteroatoms. The molecule has 3 unspecified atom stereocenters. The van der Waals surface area contributed by atoms with Crippen LogP contribution in [-0.2, 0) is 10.3 Å². The summed E-state index contributed by atoms with van der Waals surface area (Å²) in [5, 5.41) is 4.16. The minimum Gasteiger partial charge on any atom is -0.370 e. The lowest BCUT2D eigenvalue weighted by molar-refractivity contribution is -0.0658. The van der Waals surface area contributed by atoms with E-state index in [1.807, 2.05) is 0 Å². The van der Waals surface area contributed by atoms with E-state index in [0.717, 1.165) is 25.7 Å². The molecule has 2 N–H and O–H groups in total. The first-order chi connectivity index (χ1) is 9.52. The molecule has 0 aromatic carbocycles. The van der Waals surface area contributed by atoms with Gasteiger partial charge in [-0.25, -0.2) is 0 Å². The van der Waals surface area contributed by atoms with Gasteiger partial charge in [0.15, 0.2) is 0 Å². The summed E-state index contributed by atoms with van der Waals surface area (Å²) in [6.45, 7) is 6.46. The van der Waals surface area contributed by atoms with Gasteiger partial charge >= 0.3 is 0 Å². The van der Waals surface area contributed by atoms with Crippen LogP contribution in [0.4, 0.5) is 0 Å². The maximum absolute atomic E-state index is 6.17. The highest BCUT2D eigenvalue weighted by molar-refractivity contribution is 5.05. The number of nitrogens with zero attached hydrogens (tertiary/aromatic N) is 2. The van der Waals surface area contributed by atoms with Crippen LogP contribution in [0.3, 0.4) is 0 Å². The summed E-state index contributed by atoms with van der Waals surface area (Å²) in [4.78, 5) is 4.55. The zero-order chi connectivity index (χ0) is 14.8. The molecule has 0 aliphatic heterocycles. The van der Waals surface area contributed by atoms with E-state index in [-0.39, 0.29) is 6.04 Å². The molecule has 1 fully saturated rings. The first-order valence-corrected chi connectivity index (χ1v) is 7.67. The van der Waals surface area contributed by atoms with Gasteiger partial charge in [0.25, 0.3) is 0 Å². The minimum absolute atomic E-state index is 0.198. The predicted octanol–water partition coefficient (Wildman–Crippen LogP) is 3.17. The Kier molecular flexibility index (Phi) is 4.81. The number of nitrogens with two attached hydrogens (primary N) is 1. The Hall–Kier alpha value is -0.940. The molecule has 1 aromatic heterocycles. The van der Waals surface area contributed by atoms with Gasteiger partial charge in [0, 0.05) is 7.11 Å². The lowest BCUT2D eigenvalue weighted by atomic mass is 9.78. The fourth-order valence-electron chi connectivity index (χ4n) is 3.04. The smallest absolute Gasteiger partial charge is 0.243 e. The molecule has 114 valence electrons. The summed E-state index contributed by atoms with van der Waals surface area (Å²) >= 11 is 0. The Labute approximate surface area is 121 Å². The third-order valence-corrected chi connectivity index (χ3v) is 4.74. The fraction of sp³-hybridized carbons (Fsp3) is 0.867. The number of methoxy groups -OCH3 is 1. The molecule has 0 spiro atoms. The maximum atomic E-state index is 6.17. The van der Waals surface area contributed by atoms with Crippen molar-refractivity contribution in [3.8, 4) is 0 Å². The topological polar surface area (TPSA) is 74.2 Å². The van der Waals surface area contributed by atoms with Gasteiger partial charge in [-0.05, 0) is 31.1 Å². The summed E-state index contributed by atoms with van der Waals surface area (Å²) in [6.07, 6.45) is 5.26. The van der Waals surface area contributed by atoms with Crippen LogP contribution in [0.25, 0.3) is 0 Å². The van der Waals surface area contributed by atoms with Gasteiger partial charge in [0.05, 0.1) is 6.04 Å². The van der Waals surface area contributed by atoms with Crippen molar-refractivity contribution in [2.24, 2.45) is 17.6 Å². The van der Waals surface area contributed by atoms with Gasteiger partial charge in [0.2, 0.25) is 11.7 Å². The molecule has 0 radical (unpaired) electrons. The van der Waals surface area contributed by atoms with Crippen LogP contribution in [-0.4, -0.2) is 17.3 Å². The highest BCUT2D eigenvalue weighted by Gasteiger charge is 2.41. The van der Waals surface area contributed by atoms with E-state index in [1.54, 1.807) is 7.11 Å². The van der Waals surface area contributed by atoms with E-state index in [2.05, 4.69) is 30.9 Å². The third kappa shape index (κ3) is 2.88. The minimum atomic E-state index is -0.394.